The molecule has 0 aromatic heterocycles. The van der Waals surface area contributed by atoms with E-state index in [4.69, 9.17) is 18.9 Å². The smallest absolute Gasteiger partial charge is 0.117 e. The van der Waals surface area contributed by atoms with Gasteiger partial charge in [0.05, 0.1) is 25.4 Å². The van der Waals surface area contributed by atoms with Crippen molar-refractivity contribution < 1.29 is 18.9 Å². The summed E-state index contributed by atoms with van der Waals surface area (Å²) in [5, 5.41) is 0. The number of unbranched alkanes of at least 4 members (excludes halogenated alkanes) is 9. The molecule has 4 heteroatoms. The van der Waals surface area contributed by atoms with Crippen LogP contribution in [0.3, 0.4) is 0 Å². The summed E-state index contributed by atoms with van der Waals surface area (Å²) in [6.45, 7) is 12.0. The Bertz CT molecular complexity index is 369. The molecule has 2 aliphatic rings. The third kappa shape index (κ3) is 7.93. The van der Waals surface area contributed by atoms with Crippen LogP contribution in [0, 0.1) is 0 Å². The lowest BCUT2D eigenvalue weighted by atomic mass is 10.0. The summed E-state index contributed by atoms with van der Waals surface area (Å²) in [4.78, 5) is 0. The largest absolute Gasteiger partial charge is 0.378 e. The van der Waals surface area contributed by atoms with Gasteiger partial charge in [-0.2, -0.15) is 0 Å². The van der Waals surface area contributed by atoms with Gasteiger partial charge in [0.25, 0.3) is 0 Å². The van der Waals surface area contributed by atoms with Gasteiger partial charge in [-0.15, -0.1) is 0 Å². The second-order valence-electron chi connectivity index (χ2n) is 9.00. The molecular formula is C24H46O4. The first-order valence-corrected chi connectivity index (χ1v) is 12.1. The minimum atomic E-state index is 0.0496. The molecule has 2 fully saturated rings. The maximum atomic E-state index is 5.81. The van der Waals surface area contributed by atoms with Gasteiger partial charge in [-0.3, -0.25) is 0 Å². The Morgan fingerprint density at radius 1 is 0.571 bits per heavy atom. The molecule has 0 N–H and O–H groups in total. The van der Waals surface area contributed by atoms with Crippen LogP contribution in [0.4, 0.5) is 0 Å². The molecule has 2 saturated heterocycles. The van der Waals surface area contributed by atoms with Gasteiger partial charge >= 0.3 is 0 Å². The zero-order valence-corrected chi connectivity index (χ0v) is 19.1. The maximum Gasteiger partial charge on any atom is 0.117 e. The van der Waals surface area contributed by atoms with Crippen molar-refractivity contribution in [3.63, 3.8) is 0 Å². The highest BCUT2D eigenvalue weighted by Gasteiger charge is 2.52. The van der Waals surface area contributed by atoms with Crippen molar-refractivity contribution >= 4 is 0 Å². The Balaban J connectivity index is 1.24. The number of hydrogen-bond donors (Lipinski definition) is 0. The van der Waals surface area contributed by atoms with Crippen molar-refractivity contribution in [3.8, 4) is 0 Å². The van der Waals surface area contributed by atoms with E-state index in [1.165, 1.54) is 64.2 Å². The zero-order chi connectivity index (χ0) is 20.3. The highest BCUT2D eigenvalue weighted by Crippen LogP contribution is 2.40. The molecule has 0 bridgehead atoms. The summed E-state index contributed by atoms with van der Waals surface area (Å²) in [7, 11) is 0. The van der Waals surface area contributed by atoms with Crippen LogP contribution in [-0.2, 0) is 18.9 Å². The van der Waals surface area contributed by atoms with Crippen molar-refractivity contribution in [2.75, 3.05) is 26.4 Å². The fraction of sp³-hybridized carbons (Fsp3) is 1.00. The van der Waals surface area contributed by atoms with Crippen LogP contribution in [0.1, 0.15) is 105 Å². The number of epoxide rings is 2. The third-order valence-electron chi connectivity index (χ3n) is 6.91. The third-order valence-corrected chi connectivity index (χ3v) is 6.91. The van der Waals surface area contributed by atoms with Gasteiger partial charge in [0.1, 0.15) is 11.2 Å². The molecule has 0 amide bonds. The highest BCUT2D eigenvalue weighted by molar-refractivity contribution is 4.99. The molecule has 0 spiro atoms. The average molecular weight is 399 g/mol. The van der Waals surface area contributed by atoms with Crippen molar-refractivity contribution in [3.05, 3.63) is 0 Å². The zero-order valence-electron chi connectivity index (χ0n) is 19.1. The molecule has 166 valence electrons. The SMILES string of the molecule is CCC1(COCCCCCCCCCCCCOCC2(CC)OC2C)OC1C. The molecule has 28 heavy (non-hydrogen) atoms. The van der Waals surface area contributed by atoms with Gasteiger partial charge in [0.15, 0.2) is 0 Å². The molecule has 2 rings (SSSR count). The first-order chi connectivity index (χ1) is 13.6. The maximum absolute atomic E-state index is 5.81. The Labute approximate surface area is 174 Å². The van der Waals surface area contributed by atoms with Gasteiger partial charge in [-0.05, 0) is 39.5 Å². The van der Waals surface area contributed by atoms with E-state index < -0.39 is 0 Å². The fourth-order valence-electron chi connectivity index (χ4n) is 4.20. The van der Waals surface area contributed by atoms with Gasteiger partial charge in [0, 0.05) is 13.2 Å². The van der Waals surface area contributed by atoms with Crippen LogP contribution in [0.2, 0.25) is 0 Å². The second kappa shape index (κ2) is 12.5. The topological polar surface area (TPSA) is 43.5 Å². The van der Waals surface area contributed by atoms with E-state index in [-0.39, 0.29) is 11.2 Å². The lowest BCUT2D eigenvalue weighted by Gasteiger charge is -2.10. The molecule has 0 aromatic carbocycles. The van der Waals surface area contributed by atoms with Crippen LogP contribution in [-0.4, -0.2) is 49.8 Å². The summed E-state index contributed by atoms with van der Waals surface area (Å²) in [6, 6.07) is 0. The van der Waals surface area contributed by atoms with E-state index in [0.717, 1.165) is 39.3 Å². The van der Waals surface area contributed by atoms with Crippen LogP contribution < -0.4 is 0 Å². The molecular weight excluding hydrogens is 352 g/mol. The number of rotatable bonds is 19. The summed E-state index contributed by atoms with van der Waals surface area (Å²) in [5.74, 6) is 0. The van der Waals surface area contributed by atoms with Gasteiger partial charge < -0.3 is 18.9 Å². The van der Waals surface area contributed by atoms with E-state index >= 15 is 0 Å². The van der Waals surface area contributed by atoms with Crippen LogP contribution in [0.5, 0.6) is 0 Å². The lowest BCUT2D eigenvalue weighted by Crippen LogP contribution is -2.21. The van der Waals surface area contributed by atoms with Crippen molar-refractivity contribution in [1.29, 1.82) is 0 Å². The van der Waals surface area contributed by atoms with Gasteiger partial charge in [-0.25, -0.2) is 0 Å². The lowest BCUT2D eigenvalue weighted by molar-refractivity contribution is 0.0741. The molecule has 2 aliphatic heterocycles. The summed E-state index contributed by atoms with van der Waals surface area (Å²) >= 11 is 0. The molecule has 4 nitrogen and oxygen atoms in total. The first-order valence-electron chi connectivity index (χ1n) is 12.1. The number of ether oxygens (including phenoxy) is 4. The Morgan fingerprint density at radius 3 is 1.11 bits per heavy atom. The Morgan fingerprint density at radius 2 is 0.857 bits per heavy atom. The summed E-state index contributed by atoms with van der Waals surface area (Å²) in [5.41, 5.74) is 0.0992. The predicted molar refractivity (Wildman–Crippen MR) is 115 cm³/mol. The van der Waals surface area contributed by atoms with E-state index in [1.807, 2.05) is 0 Å². The minimum absolute atomic E-state index is 0.0496. The standard InChI is InChI=1S/C24H46O4/c1-5-23(21(3)27-23)19-25-17-15-13-11-9-7-8-10-12-14-16-18-26-20-24(6-2)22(4)28-24/h21-22H,5-20H2,1-4H3. The monoisotopic (exact) mass is 398 g/mol. The first kappa shape index (κ1) is 24.1. The summed E-state index contributed by atoms with van der Waals surface area (Å²) in [6.07, 6.45) is 16.1. The van der Waals surface area contributed by atoms with Crippen LogP contribution in [0.15, 0.2) is 0 Å². The quantitative estimate of drug-likeness (QED) is 0.196. The van der Waals surface area contributed by atoms with E-state index in [2.05, 4.69) is 27.7 Å². The predicted octanol–water partition coefficient (Wildman–Crippen LogP) is 6.06. The average Bonchev–Trinajstić information content (AvgIpc) is 3.56. The summed E-state index contributed by atoms with van der Waals surface area (Å²) < 4.78 is 22.9. The van der Waals surface area contributed by atoms with Crippen LogP contribution in [0.25, 0.3) is 0 Å². The number of hydrogen-bond acceptors (Lipinski definition) is 4. The Hall–Kier alpha value is -0.160. The normalized spacial score (nSPS) is 31.3. The van der Waals surface area contributed by atoms with E-state index in [0.29, 0.717) is 12.2 Å². The van der Waals surface area contributed by atoms with Crippen molar-refractivity contribution in [2.45, 2.75) is 128 Å². The molecule has 4 atom stereocenters. The van der Waals surface area contributed by atoms with Crippen LogP contribution >= 0.6 is 0 Å². The Kier molecular flexibility index (Phi) is 10.8. The fourth-order valence-corrected chi connectivity index (χ4v) is 4.20. The second-order valence-corrected chi connectivity index (χ2v) is 9.00. The molecule has 0 aliphatic carbocycles. The van der Waals surface area contributed by atoms with Gasteiger partial charge in [-0.1, -0.05) is 65.2 Å². The van der Waals surface area contributed by atoms with E-state index in [9.17, 15) is 0 Å². The molecule has 4 unspecified atom stereocenters. The van der Waals surface area contributed by atoms with Crippen molar-refractivity contribution in [2.24, 2.45) is 0 Å². The molecule has 2 heterocycles. The molecule has 0 saturated carbocycles. The van der Waals surface area contributed by atoms with E-state index in [1.54, 1.807) is 0 Å². The minimum Gasteiger partial charge on any atom is -0.378 e. The molecule has 0 radical (unpaired) electrons. The molecule has 0 aromatic rings. The van der Waals surface area contributed by atoms with Crippen molar-refractivity contribution in [1.82, 2.24) is 0 Å². The van der Waals surface area contributed by atoms with Gasteiger partial charge in [0.2, 0.25) is 0 Å². The highest BCUT2D eigenvalue weighted by atomic mass is 16.6.